The van der Waals surface area contributed by atoms with Gasteiger partial charge in [0.1, 0.15) is 17.1 Å². The van der Waals surface area contributed by atoms with Gasteiger partial charge in [-0.3, -0.25) is 9.69 Å². The van der Waals surface area contributed by atoms with Gasteiger partial charge in [0.2, 0.25) is 0 Å². The molecule has 1 atom stereocenters. The van der Waals surface area contributed by atoms with Crippen LogP contribution in [0, 0.1) is 13.8 Å². The van der Waals surface area contributed by atoms with Gasteiger partial charge in [-0.2, -0.15) is 0 Å². The molecule has 7 nitrogen and oxygen atoms in total. The molecule has 156 valence electrons. The van der Waals surface area contributed by atoms with Crippen molar-refractivity contribution < 1.29 is 14.1 Å². The van der Waals surface area contributed by atoms with Crippen LogP contribution < -0.4 is 9.64 Å². The molecular formula is C22H30N4O3. The number of nitrogens with zero attached hydrogens (tertiary/aromatic N) is 4. The second-order valence-electron chi connectivity index (χ2n) is 7.94. The Morgan fingerprint density at radius 2 is 1.90 bits per heavy atom. The van der Waals surface area contributed by atoms with Gasteiger partial charge in [-0.15, -0.1) is 0 Å². The van der Waals surface area contributed by atoms with E-state index in [2.05, 4.69) is 27.1 Å². The summed E-state index contributed by atoms with van der Waals surface area (Å²) in [6.07, 6.45) is 2.17. The van der Waals surface area contributed by atoms with E-state index in [1.807, 2.05) is 30.9 Å². The van der Waals surface area contributed by atoms with Crippen molar-refractivity contribution in [3.63, 3.8) is 0 Å². The number of carbonyl (C=O) groups excluding carboxylic acids is 1. The summed E-state index contributed by atoms with van der Waals surface area (Å²) in [5.74, 6) is 1.59. The minimum atomic E-state index is 0.0543. The van der Waals surface area contributed by atoms with Gasteiger partial charge in [-0.05, 0) is 38.8 Å². The summed E-state index contributed by atoms with van der Waals surface area (Å²) >= 11 is 0. The first-order valence-corrected chi connectivity index (χ1v) is 10.4. The number of amides is 1. The van der Waals surface area contributed by atoms with E-state index in [0.717, 1.165) is 63.5 Å². The minimum Gasteiger partial charge on any atom is -0.495 e. The molecule has 2 fully saturated rings. The zero-order valence-corrected chi connectivity index (χ0v) is 17.6. The highest BCUT2D eigenvalue weighted by molar-refractivity contribution is 5.96. The molecule has 1 aromatic carbocycles. The van der Waals surface area contributed by atoms with Crippen LogP contribution >= 0.6 is 0 Å². The fourth-order valence-electron chi connectivity index (χ4n) is 4.60. The summed E-state index contributed by atoms with van der Waals surface area (Å²) in [6.45, 7) is 9.15. The number of piperazine rings is 1. The Morgan fingerprint density at radius 3 is 2.59 bits per heavy atom. The van der Waals surface area contributed by atoms with Crippen molar-refractivity contribution >= 4 is 11.6 Å². The molecule has 2 aliphatic heterocycles. The van der Waals surface area contributed by atoms with Crippen LogP contribution in [0.2, 0.25) is 0 Å². The van der Waals surface area contributed by atoms with E-state index in [1.54, 1.807) is 7.11 Å². The molecule has 0 radical (unpaired) electrons. The highest BCUT2D eigenvalue weighted by atomic mass is 16.5. The number of likely N-dealkylation sites (tertiary alicyclic amines) is 1. The molecule has 3 heterocycles. The summed E-state index contributed by atoms with van der Waals surface area (Å²) in [4.78, 5) is 19.9. The lowest BCUT2D eigenvalue weighted by atomic mass is 10.0. The van der Waals surface area contributed by atoms with Crippen LogP contribution in [0.4, 0.5) is 5.69 Å². The SMILES string of the molecule is COc1ccccc1N1CCN([C@H]2CCCN(C(=O)c3c(C)noc3C)C2)CC1. The molecule has 2 aromatic rings. The van der Waals surface area contributed by atoms with Crippen LogP contribution in [0.3, 0.4) is 0 Å². The van der Waals surface area contributed by atoms with Gasteiger partial charge in [-0.1, -0.05) is 17.3 Å². The van der Waals surface area contributed by atoms with E-state index in [9.17, 15) is 4.79 Å². The van der Waals surface area contributed by atoms with Crippen LogP contribution in [0.1, 0.15) is 34.7 Å². The van der Waals surface area contributed by atoms with E-state index < -0.39 is 0 Å². The Hall–Kier alpha value is -2.54. The molecule has 7 heteroatoms. The minimum absolute atomic E-state index is 0.0543. The predicted molar refractivity (Wildman–Crippen MR) is 112 cm³/mol. The van der Waals surface area contributed by atoms with E-state index in [4.69, 9.17) is 9.26 Å². The topological polar surface area (TPSA) is 62.1 Å². The summed E-state index contributed by atoms with van der Waals surface area (Å²) in [6, 6.07) is 8.61. The molecule has 0 spiro atoms. The molecule has 29 heavy (non-hydrogen) atoms. The van der Waals surface area contributed by atoms with Crippen LogP contribution in [-0.2, 0) is 0 Å². The number of piperidine rings is 1. The molecule has 0 unspecified atom stereocenters. The fraction of sp³-hybridized carbons (Fsp3) is 0.545. The molecule has 1 aromatic heterocycles. The Balaban J connectivity index is 1.38. The normalized spacial score (nSPS) is 20.7. The number of anilines is 1. The van der Waals surface area contributed by atoms with Gasteiger partial charge < -0.3 is 19.1 Å². The third-order valence-electron chi connectivity index (χ3n) is 6.19. The first kappa shape index (κ1) is 19.8. The third-order valence-corrected chi connectivity index (χ3v) is 6.19. The smallest absolute Gasteiger partial charge is 0.259 e. The van der Waals surface area contributed by atoms with E-state index in [0.29, 0.717) is 23.1 Å². The molecule has 2 saturated heterocycles. The number of aryl methyl sites for hydroxylation is 2. The number of methoxy groups -OCH3 is 1. The van der Waals surface area contributed by atoms with Crippen molar-refractivity contribution in [1.29, 1.82) is 0 Å². The molecule has 0 N–H and O–H groups in total. The fourth-order valence-corrected chi connectivity index (χ4v) is 4.60. The van der Waals surface area contributed by atoms with E-state index in [1.165, 1.54) is 0 Å². The summed E-state index contributed by atoms with van der Waals surface area (Å²) in [5.41, 5.74) is 2.47. The average molecular weight is 399 g/mol. The van der Waals surface area contributed by atoms with E-state index in [-0.39, 0.29) is 5.91 Å². The van der Waals surface area contributed by atoms with E-state index >= 15 is 0 Å². The van der Waals surface area contributed by atoms with Crippen molar-refractivity contribution in [2.45, 2.75) is 32.7 Å². The molecule has 2 aliphatic rings. The summed E-state index contributed by atoms with van der Waals surface area (Å²) in [5, 5.41) is 3.94. The van der Waals surface area contributed by atoms with Crippen molar-refractivity contribution in [2.24, 2.45) is 0 Å². The van der Waals surface area contributed by atoms with Crippen LogP contribution in [0.15, 0.2) is 28.8 Å². The average Bonchev–Trinajstić information content (AvgIpc) is 3.11. The van der Waals surface area contributed by atoms with Gasteiger partial charge >= 0.3 is 0 Å². The molecular weight excluding hydrogens is 368 g/mol. The van der Waals surface area contributed by atoms with Crippen LogP contribution in [-0.4, -0.2) is 73.3 Å². The molecule has 0 aliphatic carbocycles. The Morgan fingerprint density at radius 1 is 1.14 bits per heavy atom. The zero-order valence-electron chi connectivity index (χ0n) is 17.6. The maximum Gasteiger partial charge on any atom is 0.259 e. The first-order chi connectivity index (χ1) is 14.1. The van der Waals surface area contributed by atoms with Crippen LogP contribution in [0.5, 0.6) is 5.75 Å². The van der Waals surface area contributed by atoms with Gasteiger partial charge in [0.15, 0.2) is 0 Å². The number of para-hydroxylation sites is 2. The van der Waals surface area contributed by atoms with Crippen molar-refractivity contribution in [3.8, 4) is 5.75 Å². The number of benzene rings is 1. The Bertz CT molecular complexity index is 838. The first-order valence-electron chi connectivity index (χ1n) is 10.4. The maximum atomic E-state index is 13.0. The summed E-state index contributed by atoms with van der Waals surface area (Å²) < 4.78 is 10.7. The highest BCUT2D eigenvalue weighted by Gasteiger charge is 2.32. The van der Waals surface area contributed by atoms with Gasteiger partial charge in [0.05, 0.1) is 18.5 Å². The lowest BCUT2D eigenvalue weighted by Gasteiger charge is -2.44. The molecule has 0 saturated carbocycles. The zero-order chi connectivity index (χ0) is 20.4. The van der Waals surface area contributed by atoms with Crippen molar-refractivity contribution in [1.82, 2.24) is 15.0 Å². The van der Waals surface area contributed by atoms with Gasteiger partial charge in [-0.25, -0.2) is 0 Å². The maximum absolute atomic E-state index is 13.0. The largest absolute Gasteiger partial charge is 0.495 e. The van der Waals surface area contributed by atoms with Crippen molar-refractivity contribution in [2.75, 3.05) is 51.3 Å². The monoisotopic (exact) mass is 398 g/mol. The number of ether oxygens (including phenoxy) is 1. The predicted octanol–water partition coefficient (Wildman–Crippen LogP) is 2.73. The second kappa shape index (κ2) is 8.45. The van der Waals surface area contributed by atoms with Gasteiger partial charge in [0, 0.05) is 45.3 Å². The highest BCUT2D eigenvalue weighted by Crippen LogP contribution is 2.29. The lowest BCUT2D eigenvalue weighted by Crippen LogP contribution is -2.56. The van der Waals surface area contributed by atoms with Crippen molar-refractivity contribution in [3.05, 3.63) is 41.3 Å². The number of carbonyl (C=O) groups is 1. The molecule has 0 bridgehead atoms. The standard InChI is InChI=1S/C22H30N4O3/c1-16-21(17(2)29-23-16)22(27)26-10-6-7-18(15-26)24-11-13-25(14-12-24)19-8-4-5-9-20(19)28-3/h4-5,8-9,18H,6-7,10-15H2,1-3H3/t18-/m0/s1. The Labute approximate surface area is 172 Å². The quantitative estimate of drug-likeness (QED) is 0.789. The Kier molecular flexibility index (Phi) is 5.76. The molecule has 1 amide bonds. The number of hydrogen-bond donors (Lipinski definition) is 0. The second-order valence-corrected chi connectivity index (χ2v) is 7.94. The van der Waals surface area contributed by atoms with Gasteiger partial charge in [0.25, 0.3) is 5.91 Å². The van der Waals surface area contributed by atoms with Crippen LogP contribution in [0.25, 0.3) is 0 Å². The third kappa shape index (κ3) is 3.96. The molecule has 4 rings (SSSR count). The number of rotatable bonds is 4. The lowest BCUT2D eigenvalue weighted by molar-refractivity contribution is 0.0561. The number of hydrogen-bond acceptors (Lipinski definition) is 6. The summed E-state index contributed by atoms with van der Waals surface area (Å²) in [7, 11) is 1.72. The number of aromatic nitrogens is 1.